The number of nitrogens with zero attached hydrogens (tertiary/aromatic N) is 2. The molecule has 1 aromatic heterocycles. The van der Waals surface area contributed by atoms with Crippen molar-refractivity contribution in [3.05, 3.63) is 45.7 Å². The molecule has 0 spiro atoms. The lowest BCUT2D eigenvalue weighted by Crippen LogP contribution is -2.15. The summed E-state index contributed by atoms with van der Waals surface area (Å²) in [6.45, 7) is 3.96. The normalized spacial score (nSPS) is 10.5. The molecule has 0 saturated carbocycles. The largest absolute Gasteiger partial charge is 0.321 e. The highest BCUT2D eigenvalue weighted by molar-refractivity contribution is 7.99. The van der Waals surface area contributed by atoms with Crippen molar-refractivity contribution in [2.24, 2.45) is 0 Å². The number of aryl methyl sites for hydroxylation is 1. The zero-order valence-corrected chi connectivity index (χ0v) is 14.5. The molecule has 1 N–H and O–H groups in total. The highest BCUT2D eigenvalue weighted by atomic mass is 35.5. The number of hydrogen-bond donors (Lipinski definition) is 1. The SMILES string of the molecule is CCCSc1ncc(Cl)c(C(=O)Nc2ccc(C)c(Cl)c2)n1. The minimum atomic E-state index is -0.384. The van der Waals surface area contributed by atoms with E-state index in [0.29, 0.717) is 15.9 Å². The number of rotatable bonds is 5. The second kappa shape index (κ2) is 7.81. The number of aromatic nitrogens is 2. The molecule has 1 heterocycles. The quantitative estimate of drug-likeness (QED) is 0.615. The minimum Gasteiger partial charge on any atom is -0.321 e. The van der Waals surface area contributed by atoms with Gasteiger partial charge in [0.05, 0.1) is 11.2 Å². The molecule has 0 saturated heterocycles. The summed E-state index contributed by atoms with van der Waals surface area (Å²) in [5.74, 6) is 0.502. The molecule has 0 aliphatic heterocycles. The van der Waals surface area contributed by atoms with Crippen LogP contribution in [0.25, 0.3) is 0 Å². The van der Waals surface area contributed by atoms with Crippen molar-refractivity contribution in [2.75, 3.05) is 11.1 Å². The Morgan fingerprint density at radius 1 is 1.32 bits per heavy atom. The Kier molecular flexibility index (Phi) is 6.06. The van der Waals surface area contributed by atoms with E-state index in [1.807, 2.05) is 13.0 Å². The third-order valence-electron chi connectivity index (χ3n) is 2.80. The van der Waals surface area contributed by atoms with Crippen LogP contribution in [0.1, 0.15) is 29.4 Å². The van der Waals surface area contributed by atoms with Gasteiger partial charge in [0.25, 0.3) is 5.91 Å². The molecule has 0 fully saturated rings. The van der Waals surface area contributed by atoms with Gasteiger partial charge in [-0.05, 0) is 31.0 Å². The number of hydrogen-bond acceptors (Lipinski definition) is 4. The standard InChI is InChI=1S/C15H15Cl2N3OS/c1-3-6-22-15-18-8-12(17)13(20-15)14(21)19-10-5-4-9(2)11(16)7-10/h4-5,7-8H,3,6H2,1-2H3,(H,19,21). The number of nitrogens with one attached hydrogen (secondary N) is 1. The van der Waals surface area contributed by atoms with Crippen LogP contribution in [-0.2, 0) is 0 Å². The van der Waals surface area contributed by atoms with Crippen molar-refractivity contribution in [1.82, 2.24) is 9.97 Å². The molecule has 0 aliphatic carbocycles. The third kappa shape index (κ3) is 4.35. The van der Waals surface area contributed by atoms with Crippen LogP contribution < -0.4 is 5.32 Å². The topological polar surface area (TPSA) is 54.9 Å². The van der Waals surface area contributed by atoms with Crippen LogP contribution >= 0.6 is 35.0 Å². The molecule has 2 rings (SSSR count). The maximum Gasteiger partial charge on any atom is 0.275 e. The van der Waals surface area contributed by atoms with E-state index >= 15 is 0 Å². The highest BCUT2D eigenvalue weighted by Gasteiger charge is 2.15. The van der Waals surface area contributed by atoms with Crippen LogP contribution in [0.2, 0.25) is 10.0 Å². The number of benzene rings is 1. The van der Waals surface area contributed by atoms with E-state index in [9.17, 15) is 4.79 Å². The first-order chi connectivity index (χ1) is 10.5. The van der Waals surface area contributed by atoms with Gasteiger partial charge in [0.2, 0.25) is 0 Å². The Morgan fingerprint density at radius 2 is 2.09 bits per heavy atom. The Morgan fingerprint density at radius 3 is 2.77 bits per heavy atom. The number of carbonyl (C=O) groups excluding carboxylic acids is 1. The first-order valence-corrected chi connectivity index (χ1v) is 8.48. The molecule has 2 aromatic rings. The number of anilines is 1. The van der Waals surface area contributed by atoms with Gasteiger partial charge in [-0.1, -0.05) is 48.0 Å². The first kappa shape index (κ1) is 17.1. The zero-order valence-electron chi connectivity index (χ0n) is 12.2. The Bertz CT molecular complexity index is 694. The van der Waals surface area contributed by atoms with E-state index in [1.54, 1.807) is 12.1 Å². The van der Waals surface area contributed by atoms with Crippen LogP contribution in [0.4, 0.5) is 5.69 Å². The van der Waals surface area contributed by atoms with Crippen LogP contribution in [0.15, 0.2) is 29.6 Å². The van der Waals surface area contributed by atoms with E-state index in [0.717, 1.165) is 17.7 Å². The van der Waals surface area contributed by atoms with E-state index in [4.69, 9.17) is 23.2 Å². The van der Waals surface area contributed by atoms with Crippen LogP contribution in [-0.4, -0.2) is 21.6 Å². The van der Waals surface area contributed by atoms with Crippen LogP contribution in [0.3, 0.4) is 0 Å². The molecule has 1 aromatic carbocycles. The molecule has 22 heavy (non-hydrogen) atoms. The van der Waals surface area contributed by atoms with Gasteiger partial charge in [0, 0.05) is 16.5 Å². The van der Waals surface area contributed by atoms with Gasteiger partial charge in [-0.25, -0.2) is 9.97 Å². The fourth-order valence-electron chi connectivity index (χ4n) is 1.63. The lowest BCUT2D eigenvalue weighted by molar-refractivity contribution is 0.102. The lowest BCUT2D eigenvalue weighted by atomic mass is 10.2. The third-order valence-corrected chi connectivity index (χ3v) is 4.55. The van der Waals surface area contributed by atoms with Gasteiger partial charge in [0.15, 0.2) is 10.9 Å². The molecule has 0 radical (unpaired) electrons. The average molecular weight is 356 g/mol. The second-order valence-electron chi connectivity index (χ2n) is 4.62. The van der Waals surface area contributed by atoms with Crippen molar-refractivity contribution >= 4 is 46.6 Å². The summed E-state index contributed by atoms with van der Waals surface area (Å²) in [7, 11) is 0. The fraction of sp³-hybridized carbons (Fsp3) is 0.267. The molecule has 7 heteroatoms. The van der Waals surface area contributed by atoms with E-state index in [2.05, 4.69) is 22.2 Å². The monoisotopic (exact) mass is 355 g/mol. The number of amides is 1. The molecule has 0 aliphatic rings. The predicted molar refractivity (Wildman–Crippen MR) is 92.2 cm³/mol. The van der Waals surface area contributed by atoms with Gasteiger partial charge < -0.3 is 5.32 Å². The van der Waals surface area contributed by atoms with Crippen molar-refractivity contribution in [2.45, 2.75) is 25.4 Å². The second-order valence-corrected chi connectivity index (χ2v) is 6.49. The summed E-state index contributed by atoms with van der Waals surface area (Å²) >= 11 is 13.6. The van der Waals surface area contributed by atoms with Gasteiger partial charge in [0.1, 0.15) is 0 Å². The molecule has 4 nitrogen and oxygen atoms in total. The molecular formula is C15H15Cl2N3OS. The fourth-order valence-corrected chi connectivity index (χ4v) is 2.66. The molecular weight excluding hydrogens is 341 g/mol. The summed E-state index contributed by atoms with van der Waals surface area (Å²) in [6, 6.07) is 5.31. The Balaban J connectivity index is 2.19. The van der Waals surface area contributed by atoms with Crippen molar-refractivity contribution in [3.63, 3.8) is 0 Å². The van der Waals surface area contributed by atoms with Crippen molar-refractivity contribution in [1.29, 1.82) is 0 Å². The maximum absolute atomic E-state index is 12.3. The average Bonchev–Trinajstić information content (AvgIpc) is 2.50. The molecule has 1 amide bonds. The summed E-state index contributed by atoms with van der Waals surface area (Å²) in [5.41, 5.74) is 1.70. The predicted octanol–water partition coefficient (Wildman–Crippen LogP) is 4.85. The minimum absolute atomic E-state index is 0.159. The van der Waals surface area contributed by atoms with E-state index in [-0.39, 0.29) is 16.6 Å². The zero-order chi connectivity index (χ0) is 16.1. The maximum atomic E-state index is 12.3. The highest BCUT2D eigenvalue weighted by Crippen LogP contribution is 2.22. The van der Waals surface area contributed by atoms with Crippen molar-refractivity contribution < 1.29 is 4.79 Å². The lowest BCUT2D eigenvalue weighted by Gasteiger charge is -2.08. The first-order valence-electron chi connectivity index (χ1n) is 6.74. The van der Waals surface area contributed by atoms with Gasteiger partial charge in [-0.2, -0.15) is 0 Å². The van der Waals surface area contributed by atoms with Gasteiger partial charge >= 0.3 is 0 Å². The van der Waals surface area contributed by atoms with E-state index < -0.39 is 0 Å². The molecule has 0 bridgehead atoms. The number of carbonyl (C=O) groups is 1. The number of thioether (sulfide) groups is 1. The van der Waals surface area contributed by atoms with Crippen molar-refractivity contribution in [3.8, 4) is 0 Å². The molecule has 0 unspecified atom stereocenters. The smallest absolute Gasteiger partial charge is 0.275 e. The summed E-state index contributed by atoms with van der Waals surface area (Å²) in [5, 5.41) is 4.09. The van der Waals surface area contributed by atoms with Gasteiger partial charge in [-0.3, -0.25) is 4.79 Å². The summed E-state index contributed by atoms with van der Waals surface area (Å²) in [4.78, 5) is 20.7. The van der Waals surface area contributed by atoms with Crippen LogP contribution in [0, 0.1) is 6.92 Å². The molecule has 0 atom stereocenters. The van der Waals surface area contributed by atoms with Crippen LogP contribution in [0.5, 0.6) is 0 Å². The van der Waals surface area contributed by atoms with E-state index in [1.165, 1.54) is 18.0 Å². The Labute approximate surface area is 143 Å². The Hall–Kier alpha value is -1.30. The molecule has 116 valence electrons. The number of halogens is 2. The summed E-state index contributed by atoms with van der Waals surface area (Å²) in [6.07, 6.45) is 2.45. The summed E-state index contributed by atoms with van der Waals surface area (Å²) < 4.78 is 0. The van der Waals surface area contributed by atoms with Gasteiger partial charge in [-0.15, -0.1) is 0 Å².